The highest BCUT2D eigenvalue weighted by Gasteiger charge is 2.19. The Morgan fingerprint density at radius 1 is 1.28 bits per heavy atom. The fourth-order valence-corrected chi connectivity index (χ4v) is 2.75. The number of aromatic amines is 1. The number of nitrogens with zero attached hydrogens (tertiary/aromatic N) is 1. The molecule has 18 heavy (non-hydrogen) atoms. The molecule has 2 aromatic rings. The predicted molar refractivity (Wildman–Crippen MR) is 68.5 cm³/mol. The smallest absolute Gasteiger partial charge is 0.258 e. The lowest BCUT2D eigenvalue weighted by molar-refractivity contribution is 0.564. The first-order chi connectivity index (χ1) is 8.49. The molecule has 0 aliphatic rings. The van der Waals surface area contributed by atoms with E-state index in [1.54, 1.807) is 6.92 Å². The highest BCUT2D eigenvalue weighted by Crippen LogP contribution is 2.16. The third-order valence-corrected chi connectivity index (χ3v) is 4.14. The van der Waals surface area contributed by atoms with Crippen molar-refractivity contribution in [3.63, 3.8) is 0 Å². The summed E-state index contributed by atoms with van der Waals surface area (Å²) < 4.78 is 26.5. The summed E-state index contributed by atoms with van der Waals surface area (Å²) in [5.74, 6) is 0. The summed E-state index contributed by atoms with van der Waals surface area (Å²) in [7, 11) is -3.54. The number of sulfonamides is 1. The second kappa shape index (κ2) is 4.91. The highest BCUT2D eigenvalue weighted by molar-refractivity contribution is 7.89. The monoisotopic (exact) mass is 265 g/mol. The Morgan fingerprint density at radius 3 is 2.50 bits per heavy atom. The third kappa shape index (κ3) is 2.77. The SMILES string of the molecule is Cc1ccc(C(C)NS(=O)(=O)c2cnc[nH]2)cc1. The van der Waals surface area contributed by atoms with Gasteiger partial charge in [0.25, 0.3) is 10.0 Å². The van der Waals surface area contributed by atoms with Crippen LogP contribution in [-0.4, -0.2) is 18.4 Å². The Bertz CT molecular complexity index is 603. The summed E-state index contributed by atoms with van der Waals surface area (Å²) in [6.07, 6.45) is 2.62. The van der Waals surface area contributed by atoms with Crippen LogP contribution in [0.1, 0.15) is 24.1 Å². The van der Waals surface area contributed by atoms with Crippen molar-refractivity contribution in [3.05, 3.63) is 47.9 Å². The van der Waals surface area contributed by atoms with Gasteiger partial charge in [0.15, 0.2) is 5.03 Å². The summed E-state index contributed by atoms with van der Waals surface area (Å²) in [5.41, 5.74) is 2.06. The predicted octanol–water partition coefficient (Wildman–Crippen LogP) is 1.76. The van der Waals surface area contributed by atoms with E-state index in [0.717, 1.165) is 11.1 Å². The lowest BCUT2D eigenvalue weighted by Crippen LogP contribution is -2.27. The molecule has 0 bridgehead atoms. The zero-order chi connectivity index (χ0) is 13.2. The summed E-state index contributed by atoms with van der Waals surface area (Å²) in [6.45, 7) is 3.79. The normalized spacial score (nSPS) is 13.4. The summed E-state index contributed by atoms with van der Waals surface area (Å²) >= 11 is 0. The number of aromatic nitrogens is 2. The van der Waals surface area contributed by atoms with E-state index >= 15 is 0 Å². The van der Waals surface area contributed by atoms with E-state index in [2.05, 4.69) is 14.7 Å². The standard InChI is InChI=1S/C12H15N3O2S/c1-9-3-5-11(6-4-9)10(2)15-18(16,17)12-7-13-8-14-12/h3-8,10,15H,1-2H3,(H,13,14). The lowest BCUT2D eigenvalue weighted by atomic mass is 10.1. The van der Waals surface area contributed by atoms with Crippen molar-refractivity contribution < 1.29 is 8.42 Å². The molecule has 0 aliphatic heterocycles. The van der Waals surface area contributed by atoms with Crippen LogP contribution in [0.2, 0.25) is 0 Å². The van der Waals surface area contributed by atoms with E-state index in [1.165, 1.54) is 12.5 Å². The number of rotatable bonds is 4. The summed E-state index contributed by atoms with van der Waals surface area (Å²) in [5, 5.41) is 0.0708. The maximum absolute atomic E-state index is 12.0. The molecule has 0 saturated heterocycles. The van der Waals surface area contributed by atoms with E-state index in [9.17, 15) is 8.42 Å². The molecule has 1 atom stereocenters. The Morgan fingerprint density at radius 2 is 1.94 bits per heavy atom. The number of hydrogen-bond acceptors (Lipinski definition) is 3. The first-order valence-corrected chi connectivity index (χ1v) is 7.04. The van der Waals surface area contributed by atoms with Crippen LogP contribution in [0.4, 0.5) is 0 Å². The zero-order valence-electron chi connectivity index (χ0n) is 10.2. The molecule has 1 aromatic carbocycles. The van der Waals surface area contributed by atoms with Crippen LogP contribution < -0.4 is 4.72 Å². The molecule has 2 N–H and O–H groups in total. The highest BCUT2D eigenvalue weighted by atomic mass is 32.2. The largest absolute Gasteiger partial charge is 0.335 e. The first kappa shape index (κ1) is 12.8. The van der Waals surface area contributed by atoms with E-state index < -0.39 is 10.0 Å². The Balaban J connectivity index is 2.17. The maximum atomic E-state index is 12.0. The lowest BCUT2D eigenvalue weighted by Gasteiger charge is -2.13. The zero-order valence-corrected chi connectivity index (χ0v) is 11.0. The van der Waals surface area contributed by atoms with Crippen LogP contribution in [-0.2, 0) is 10.0 Å². The molecular formula is C12H15N3O2S. The number of aryl methyl sites for hydroxylation is 1. The molecule has 0 saturated carbocycles. The van der Waals surface area contributed by atoms with Gasteiger partial charge in [-0.2, -0.15) is 0 Å². The van der Waals surface area contributed by atoms with Crippen molar-refractivity contribution >= 4 is 10.0 Å². The van der Waals surface area contributed by atoms with Crippen molar-refractivity contribution in [1.29, 1.82) is 0 Å². The molecule has 0 amide bonds. The molecule has 0 radical (unpaired) electrons. The van der Waals surface area contributed by atoms with E-state index in [0.29, 0.717) is 0 Å². The van der Waals surface area contributed by atoms with E-state index in [1.807, 2.05) is 31.2 Å². The van der Waals surface area contributed by atoms with Crippen LogP contribution in [0.5, 0.6) is 0 Å². The van der Waals surface area contributed by atoms with Gasteiger partial charge in [-0.15, -0.1) is 0 Å². The van der Waals surface area contributed by atoms with Gasteiger partial charge in [-0.25, -0.2) is 18.1 Å². The molecule has 6 heteroatoms. The van der Waals surface area contributed by atoms with Crippen LogP contribution in [0.25, 0.3) is 0 Å². The Labute approximate surface area is 106 Å². The first-order valence-electron chi connectivity index (χ1n) is 5.56. The van der Waals surface area contributed by atoms with E-state index in [4.69, 9.17) is 0 Å². The van der Waals surface area contributed by atoms with Gasteiger partial charge in [-0.05, 0) is 19.4 Å². The molecule has 96 valence electrons. The average molecular weight is 265 g/mol. The van der Waals surface area contributed by atoms with Crippen molar-refractivity contribution in [2.24, 2.45) is 0 Å². The minimum absolute atomic E-state index is 0.0708. The summed E-state index contributed by atoms with van der Waals surface area (Å²) in [6, 6.07) is 7.44. The minimum Gasteiger partial charge on any atom is -0.335 e. The van der Waals surface area contributed by atoms with Crippen LogP contribution >= 0.6 is 0 Å². The molecule has 2 rings (SSSR count). The Hall–Kier alpha value is -1.66. The van der Waals surface area contributed by atoms with Gasteiger partial charge < -0.3 is 4.98 Å². The van der Waals surface area contributed by atoms with Crippen molar-refractivity contribution in [3.8, 4) is 0 Å². The maximum Gasteiger partial charge on any atom is 0.258 e. The van der Waals surface area contributed by atoms with Gasteiger partial charge in [0, 0.05) is 6.04 Å². The van der Waals surface area contributed by atoms with Crippen LogP contribution in [0.3, 0.4) is 0 Å². The fourth-order valence-electron chi connectivity index (χ4n) is 1.61. The second-order valence-electron chi connectivity index (χ2n) is 4.17. The van der Waals surface area contributed by atoms with Gasteiger partial charge in [0.2, 0.25) is 0 Å². The minimum atomic E-state index is -3.54. The molecule has 1 aromatic heterocycles. The van der Waals surface area contributed by atoms with Crippen molar-refractivity contribution in [2.75, 3.05) is 0 Å². The second-order valence-corrected chi connectivity index (χ2v) is 5.85. The van der Waals surface area contributed by atoms with Gasteiger partial charge in [-0.3, -0.25) is 0 Å². The number of imidazole rings is 1. The molecule has 0 fully saturated rings. The number of nitrogens with one attached hydrogen (secondary N) is 2. The molecular weight excluding hydrogens is 250 g/mol. The fraction of sp³-hybridized carbons (Fsp3) is 0.250. The number of hydrogen-bond donors (Lipinski definition) is 2. The summed E-state index contributed by atoms with van der Waals surface area (Å²) in [4.78, 5) is 6.29. The number of benzene rings is 1. The van der Waals surface area contributed by atoms with Gasteiger partial charge in [0.05, 0.1) is 12.5 Å². The third-order valence-electron chi connectivity index (χ3n) is 2.67. The van der Waals surface area contributed by atoms with Gasteiger partial charge >= 0.3 is 0 Å². The van der Waals surface area contributed by atoms with Gasteiger partial charge in [0.1, 0.15) is 0 Å². The van der Waals surface area contributed by atoms with Crippen molar-refractivity contribution in [1.82, 2.24) is 14.7 Å². The van der Waals surface area contributed by atoms with E-state index in [-0.39, 0.29) is 11.1 Å². The number of H-pyrrole nitrogens is 1. The molecule has 1 heterocycles. The Kier molecular flexibility index (Phi) is 3.49. The topological polar surface area (TPSA) is 74.8 Å². The molecule has 0 aliphatic carbocycles. The van der Waals surface area contributed by atoms with Crippen molar-refractivity contribution in [2.45, 2.75) is 24.9 Å². The molecule has 1 unspecified atom stereocenters. The van der Waals surface area contributed by atoms with Crippen LogP contribution in [0, 0.1) is 6.92 Å². The quantitative estimate of drug-likeness (QED) is 0.884. The van der Waals surface area contributed by atoms with Gasteiger partial charge in [-0.1, -0.05) is 29.8 Å². The van der Waals surface area contributed by atoms with Crippen LogP contribution in [0.15, 0.2) is 41.8 Å². The molecule has 0 spiro atoms. The average Bonchev–Trinajstić information content (AvgIpc) is 2.83. The molecule has 5 nitrogen and oxygen atoms in total.